The van der Waals surface area contributed by atoms with E-state index in [2.05, 4.69) is 47.3 Å². The van der Waals surface area contributed by atoms with E-state index < -0.39 is 0 Å². The van der Waals surface area contributed by atoms with Crippen LogP contribution in [0, 0.1) is 0 Å². The van der Waals surface area contributed by atoms with Crippen LogP contribution in [0.5, 0.6) is 0 Å². The Morgan fingerprint density at radius 3 is 2.80 bits per heavy atom. The minimum atomic E-state index is 0.154. The second-order valence-corrected chi connectivity index (χ2v) is 3.51. The second-order valence-electron chi connectivity index (χ2n) is 1.76. The Bertz CT molecular complexity index is 211. The van der Waals surface area contributed by atoms with Gasteiger partial charge in [0.05, 0.1) is 11.9 Å². The molecular formula is C4H6Br2N4. The van der Waals surface area contributed by atoms with Crippen LogP contribution in [-0.4, -0.2) is 25.5 Å². The third-order valence-electron chi connectivity index (χ3n) is 0.939. The maximum Gasteiger partial charge on any atom is 0.189 e. The number of aromatic nitrogens is 4. The summed E-state index contributed by atoms with van der Waals surface area (Å²) >= 11 is 6.67. The number of hydrogen-bond donors (Lipinski definition) is 0. The normalized spacial score (nSPS) is 13.5. The van der Waals surface area contributed by atoms with Gasteiger partial charge >= 0.3 is 0 Å². The Hall–Kier alpha value is 0.0300. The average Bonchev–Trinajstić information content (AvgIpc) is 2.34. The van der Waals surface area contributed by atoms with Gasteiger partial charge in [0.2, 0.25) is 0 Å². The molecule has 0 aromatic carbocycles. The molecule has 0 spiro atoms. The quantitative estimate of drug-likeness (QED) is 0.754. The van der Waals surface area contributed by atoms with Crippen molar-refractivity contribution in [1.82, 2.24) is 20.2 Å². The van der Waals surface area contributed by atoms with Crippen LogP contribution in [0.15, 0.2) is 0 Å². The first-order chi connectivity index (χ1) is 4.74. The molecule has 0 saturated heterocycles. The smallest absolute Gasteiger partial charge is 0.167 e. The Labute approximate surface area is 75.2 Å². The number of aryl methyl sites for hydroxylation is 1. The van der Waals surface area contributed by atoms with Gasteiger partial charge in [0.15, 0.2) is 5.82 Å². The number of tetrazole rings is 1. The summed E-state index contributed by atoms with van der Waals surface area (Å²) in [7, 11) is 1.74. The van der Waals surface area contributed by atoms with Gasteiger partial charge in [0.1, 0.15) is 0 Å². The summed E-state index contributed by atoms with van der Waals surface area (Å²) in [6, 6.07) is 0. The number of halogens is 2. The molecule has 0 radical (unpaired) electrons. The van der Waals surface area contributed by atoms with Gasteiger partial charge in [0, 0.05) is 5.33 Å². The van der Waals surface area contributed by atoms with E-state index in [0.29, 0.717) is 5.82 Å². The molecule has 1 heterocycles. The molecule has 0 aliphatic heterocycles. The van der Waals surface area contributed by atoms with Crippen molar-refractivity contribution in [2.24, 2.45) is 7.05 Å². The lowest BCUT2D eigenvalue weighted by Crippen LogP contribution is -1.96. The van der Waals surface area contributed by atoms with Gasteiger partial charge in [-0.15, -0.1) is 10.2 Å². The van der Waals surface area contributed by atoms with Crippen molar-refractivity contribution in [2.45, 2.75) is 4.83 Å². The van der Waals surface area contributed by atoms with Crippen molar-refractivity contribution in [3.63, 3.8) is 0 Å². The molecule has 0 amide bonds. The van der Waals surface area contributed by atoms with Crippen LogP contribution >= 0.6 is 31.9 Å². The van der Waals surface area contributed by atoms with E-state index in [0.717, 1.165) is 5.33 Å². The Morgan fingerprint density at radius 1 is 1.70 bits per heavy atom. The van der Waals surface area contributed by atoms with Crippen molar-refractivity contribution in [1.29, 1.82) is 0 Å². The number of rotatable bonds is 2. The second kappa shape index (κ2) is 3.43. The number of hydrogen-bond acceptors (Lipinski definition) is 3. The molecule has 0 N–H and O–H groups in total. The van der Waals surface area contributed by atoms with Gasteiger partial charge < -0.3 is 0 Å². The summed E-state index contributed by atoms with van der Waals surface area (Å²) in [6.07, 6.45) is 0. The Kier molecular flexibility index (Phi) is 2.79. The molecule has 1 atom stereocenters. The van der Waals surface area contributed by atoms with Gasteiger partial charge in [-0.2, -0.15) is 4.80 Å². The van der Waals surface area contributed by atoms with E-state index in [4.69, 9.17) is 0 Å². The van der Waals surface area contributed by atoms with E-state index in [1.54, 1.807) is 7.05 Å². The zero-order valence-electron chi connectivity index (χ0n) is 5.33. The van der Waals surface area contributed by atoms with Crippen LogP contribution in [0.1, 0.15) is 10.7 Å². The third kappa shape index (κ3) is 1.76. The highest BCUT2D eigenvalue weighted by atomic mass is 79.9. The van der Waals surface area contributed by atoms with Crippen molar-refractivity contribution in [2.75, 3.05) is 5.33 Å². The molecule has 0 bridgehead atoms. The summed E-state index contributed by atoms with van der Waals surface area (Å²) in [5, 5.41) is 12.3. The van der Waals surface area contributed by atoms with Crippen molar-refractivity contribution >= 4 is 31.9 Å². The van der Waals surface area contributed by atoms with E-state index in [-0.39, 0.29) is 4.83 Å². The first kappa shape index (κ1) is 8.13. The molecule has 1 aromatic rings. The largest absolute Gasteiger partial charge is 0.189 e. The van der Waals surface area contributed by atoms with Crippen LogP contribution in [0.2, 0.25) is 0 Å². The first-order valence-electron chi connectivity index (χ1n) is 2.68. The lowest BCUT2D eigenvalue weighted by Gasteiger charge is -1.94. The average molecular weight is 270 g/mol. The Balaban J connectivity index is 2.74. The van der Waals surface area contributed by atoms with Crippen LogP contribution in [-0.2, 0) is 7.05 Å². The molecule has 6 heteroatoms. The van der Waals surface area contributed by atoms with Crippen molar-refractivity contribution in [3.8, 4) is 0 Å². The van der Waals surface area contributed by atoms with Crippen LogP contribution in [0.4, 0.5) is 0 Å². The highest BCUT2D eigenvalue weighted by Crippen LogP contribution is 2.19. The van der Waals surface area contributed by atoms with Crippen molar-refractivity contribution < 1.29 is 0 Å². The minimum Gasteiger partial charge on any atom is -0.167 e. The fourth-order valence-corrected chi connectivity index (χ4v) is 0.966. The number of alkyl halides is 2. The van der Waals surface area contributed by atoms with Crippen LogP contribution in [0.3, 0.4) is 0 Å². The molecule has 10 heavy (non-hydrogen) atoms. The van der Waals surface area contributed by atoms with Gasteiger partial charge in [0.25, 0.3) is 0 Å². The van der Waals surface area contributed by atoms with Crippen molar-refractivity contribution in [3.05, 3.63) is 5.82 Å². The zero-order valence-corrected chi connectivity index (χ0v) is 8.50. The van der Waals surface area contributed by atoms with Crippen LogP contribution in [0.25, 0.3) is 0 Å². The monoisotopic (exact) mass is 268 g/mol. The maximum atomic E-state index is 4.00. The zero-order chi connectivity index (χ0) is 7.56. The topological polar surface area (TPSA) is 43.6 Å². The van der Waals surface area contributed by atoms with E-state index in [1.165, 1.54) is 4.80 Å². The summed E-state index contributed by atoms with van der Waals surface area (Å²) in [6.45, 7) is 0. The lowest BCUT2D eigenvalue weighted by molar-refractivity contribution is 0.628. The fourth-order valence-electron chi connectivity index (χ4n) is 0.493. The van der Waals surface area contributed by atoms with Gasteiger partial charge in [-0.3, -0.25) is 0 Å². The predicted molar refractivity (Wildman–Crippen MR) is 44.3 cm³/mol. The summed E-state index contributed by atoms with van der Waals surface area (Å²) in [5.41, 5.74) is 0. The molecule has 0 fully saturated rings. The van der Waals surface area contributed by atoms with E-state index in [1.807, 2.05) is 0 Å². The Morgan fingerprint density at radius 2 is 2.40 bits per heavy atom. The highest BCUT2D eigenvalue weighted by molar-refractivity contribution is 9.12. The molecule has 4 nitrogen and oxygen atoms in total. The summed E-state index contributed by atoms with van der Waals surface area (Å²) in [4.78, 5) is 1.59. The molecular weight excluding hydrogens is 264 g/mol. The summed E-state index contributed by atoms with van der Waals surface area (Å²) in [5.74, 6) is 0.708. The fraction of sp³-hybridized carbons (Fsp3) is 0.750. The first-order valence-corrected chi connectivity index (χ1v) is 4.71. The van der Waals surface area contributed by atoms with Crippen LogP contribution < -0.4 is 0 Å². The number of nitrogens with zero attached hydrogens (tertiary/aromatic N) is 4. The highest BCUT2D eigenvalue weighted by Gasteiger charge is 2.10. The molecule has 1 rings (SSSR count). The standard InChI is InChI=1S/C4H6Br2N4/c1-10-8-4(7-9-10)3(6)2-5/h3H,2H2,1H3/t3-/m1/s1. The van der Waals surface area contributed by atoms with Gasteiger partial charge in [-0.05, 0) is 5.21 Å². The molecule has 0 unspecified atom stereocenters. The SMILES string of the molecule is Cn1nnc([C@H](Br)CBr)n1. The molecule has 0 saturated carbocycles. The van der Waals surface area contributed by atoms with E-state index >= 15 is 0 Å². The molecule has 0 aliphatic carbocycles. The molecule has 56 valence electrons. The lowest BCUT2D eigenvalue weighted by atomic mass is 10.5. The van der Waals surface area contributed by atoms with E-state index in [9.17, 15) is 0 Å². The van der Waals surface area contributed by atoms with Gasteiger partial charge in [-0.1, -0.05) is 31.9 Å². The summed E-state index contributed by atoms with van der Waals surface area (Å²) < 4.78 is 0. The predicted octanol–water partition coefficient (Wildman–Crippen LogP) is 1.04. The van der Waals surface area contributed by atoms with Gasteiger partial charge in [-0.25, -0.2) is 0 Å². The molecule has 1 aromatic heterocycles. The third-order valence-corrected chi connectivity index (χ3v) is 3.19. The maximum absolute atomic E-state index is 4.00. The minimum absolute atomic E-state index is 0.154. The molecule has 0 aliphatic rings.